The lowest BCUT2D eigenvalue weighted by molar-refractivity contribution is -0.138. The minimum Gasteiger partial charge on any atom is -0.481 e. The van der Waals surface area contributed by atoms with Crippen LogP contribution in [0.15, 0.2) is 36.4 Å². The van der Waals surface area contributed by atoms with E-state index in [1.54, 1.807) is 50.2 Å². The first-order valence-corrected chi connectivity index (χ1v) is 6.44. The Balaban J connectivity index is 2.15. The predicted octanol–water partition coefficient (Wildman–Crippen LogP) is 3.18. The van der Waals surface area contributed by atoms with Crippen molar-refractivity contribution in [3.8, 4) is 11.6 Å². The van der Waals surface area contributed by atoms with Gasteiger partial charge in [0, 0.05) is 11.6 Å². The highest BCUT2D eigenvalue weighted by atomic mass is 16.5. The Morgan fingerprint density at radius 2 is 1.90 bits per heavy atom. The fraction of sp³-hybridized carbons (Fsp3) is 0.188. The van der Waals surface area contributed by atoms with Crippen LogP contribution < -0.4 is 4.74 Å². The van der Waals surface area contributed by atoms with E-state index in [2.05, 4.69) is 4.98 Å². The van der Waals surface area contributed by atoms with Crippen LogP contribution in [-0.2, 0) is 4.79 Å². The van der Waals surface area contributed by atoms with Gasteiger partial charge in [-0.2, -0.15) is 0 Å². The lowest BCUT2D eigenvalue weighted by Crippen LogP contribution is -2.06. The predicted molar refractivity (Wildman–Crippen MR) is 76.9 cm³/mol. The number of nitrogens with zero attached hydrogens (tertiary/aromatic N) is 1. The van der Waals surface area contributed by atoms with Crippen molar-refractivity contribution in [2.75, 3.05) is 0 Å². The molecule has 0 saturated carbocycles. The van der Waals surface area contributed by atoms with E-state index in [1.165, 1.54) is 0 Å². The number of carbonyl (C=O) groups excluding carboxylic acids is 1. The van der Waals surface area contributed by atoms with Crippen molar-refractivity contribution < 1.29 is 19.4 Å². The first-order valence-electron chi connectivity index (χ1n) is 6.44. The summed E-state index contributed by atoms with van der Waals surface area (Å²) >= 11 is 0. The molecule has 5 nitrogen and oxygen atoms in total. The molecule has 0 radical (unpaired) electrons. The van der Waals surface area contributed by atoms with Gasteiger partial charge in [0.2, 0.25) is 5.88 Å². The fourth-order valence-corrected chi connectivity index (χ4v) is 1.82. The van der Waals surface area contributed by atoms with Gasteiger partial charge in [0.05, 0.1) is 11.6 Å². The van der Waals surface area contributed by atoms with E-state index in [0.29, 0.717) is 28.5 Å². The van der Waals surface area contributed by atoms with Gasteiger partial charge in [-0.1, -0.05) is 12.1 Å². The monoisotopic (exact) mass is 285 g/mol. The van der Waals surface area contributed by atoms with Gasteiger partial charge in [0.15, 0.2) is 6.29 Å². The zero-order valence-corrected chi connectivity index (χ0v) is 11.7. The summed E-state index contributed by atoms with van der Waals surface area (Å²) < 4.78 is 5.58. The lowest BCUT2D eigenvalue weighted by atomic mass is 10.0. The largest absolute Gasteiger partial charge is 0.481 e. The molecule has 0 aliphatic heterocycles. The van der Waals surface area contributed by atoms with Crippen LogP contribution >= 0.6 is 0 Å². The molecule has 1 heterocycles. The van der Waals surface area contributed by atoms with Crippen LogP contribution in [0.2, 0.25) is 0 Å². The van der Waals surface area contributed by atoms with Gasteiger partial charge in [-0.3, -0.25) is 9.59 Å². The van der Waals surface area contributed by atoms with Crippen LogP contribution in [0.1, 0.15) is 34.5 Å². The number of aryl methyl sites for hydroxylation is 1. The Morgan fingerprint density at radius 1 is 1.24 bits per heavy atom. The summed E-state index contributed by atoms with van der Waals surface area (Å²) in [6.07, 6.45) is 0.744. The molecule has 0 aliphatic rings. The first kappa shape index (κ1) is 14.7. The molecule has 1 aromatic heterocycles. The fourth-order valence-electron chi connectivity index (χ4n) is 1.82. The molecule has 1 atom stereocenters. The number of rotatable bonds is 5. The molecular formula is C16H15NO4. The van der Waals surface area contributed by atoms with Gasteiger partial charge >= 0.3 is 5.97 Å². The number of aldehydes is 1. The Kier molecular flexibility index (Phi) is 4.33. The van der Waals surface area contributed by atoms with Crippen molar-refractivity contribution >= 4 is 12.3 Å². The molecule has 0 saturated heterocycles. The number of aliphatic carboxylic acids is 1. The van der Waals surface area contributed by atoms with E-state index >= 15 is 0 Å². The van der Waals surface area contributed by atoms with Crippen molar-refractivity contribution in [2.24, 2.45) is 0 Å². The van der Waals surface area contributed by atoms with Gasteiger partial charge in [-0.25, -0.2) is 4.98 Å². The summed E-state index contributed by atoms with van der Waals surface area (Å²) in [6, 6.07) is 10.1. The van der Waals surface area contributed by atoms with Crippen LogP contribution in [0.5, 0.6) is 11.6 Å². The molecule has 1 unspecified atom stereocenters. The molecule has 0 amide bonds. The molecule has 0 aliphatic carbocycles. The van der Waals surface area contributed by atoms with E-state index in [9.17, 15) is 9.59 Å². The number of aromatic nitrogens is 1. The second-order valence-corrected chi connectivity index (χ2v) is 4.67. The number of hydrogen-bond acceptors (Lipinski definition) is 4. The van der Waals surface area contributed by atoms with E-state index in [0.717, 1.165) is 6.29 Å². The summed E-state index contributed by atoms with van der Waals surface area (Å²) in [6.45, 7) is 3.36. The van der Waals surface area contributed by atoms with Gasteiger partial charge < -0.3 is 9.84 Å². The SMILES string of the molecule is Cc1nc(Oc2ccc(C(C)C(=O)O)cc2)ccc1C=O. The topological polar surface area (TPSA) is 76.5 Å². The number of ether oxygens (including phenoxy) is 1. The Hall–Kier alpha value is -2.69. The molecule has 21 heavy (non-hydrogen) atoms. The molecule has 0 spiro atoms. The van der Waals surface area contributed by atoms with E-state index in [4.69, 9.17) is 9.84 Å². The number of benzene rings is 1. The zero-order chi connectivity index (χ0) is 15.4. The third-order valence-electron chi connectivity index (χ3n) is 3.20. The normalized spacial score (nSPS) is 11.7. The Labute approximate surface area is 122 Å². The molecular weight excluding hydrogens is 270 g/mol. The van der Waals surface area contributed by atoms with Crippen molar-refractivity contribution in [3.05, 3.63) is 53.2 Å². The van der Waals surface area contributed by atoms with Crippen LogP contribution in [-0.4, -0.2) is 22.3 Å². The van der Waals surface area contributed by atoms with Crippen molar-refractivity contribution in [2.45, 2.75) is 19.8 Å². The number of carboxylic acid groups (broad SMARTS) is 1. The average Bonchev–Trinajstić information content (AvgIpc) is 2.47. The highest BCUT2D eigenvalue weighted by Crippen LogP contribution is 2.23. The minimum absolute atomic E-state index is 0.386. The Morgan fingerprint density at radius 3 is 2.43 bits per heavy atom. The molecule has 2 aromatic rings. The Bertz CT molecular complexity index is 664. The quantitative estimate of drug-likeness (QED) is 0.854. The van der Waals surface area contributed by atoms with E-state index in [-0.39, 0.29) is 0 Å². The standard InChI is InChI=1S/C16H15NO4/c1-10(16(19)20)12-3-6-14(7-4-12)21-15-8-5-13(9-18)11(2)17-15/h3-10H,1-2H3,(H,19,20). The third-order valence-corrected chi connectivity index (χ3v) is 3.20. The summed E-state index contributed by atoms with van der Waals surface area (Å²) in [5.41, 5.74) is 1.82. The van der Waals surface area contributed by atoms with E-state index < -0.39 is 11.9 Å². The number of hydrogen-bond donors (Lipinski definition) is 1. The van der Waals surface area contributed by atoms with Crippen LogP contribution in [0.25, 0.3) is 0 Å². The molecule has 0 fully saturated rings. The summed E-state index contributed by atoms with van der Waals surface area (Å²) in [4.78, 5) is 25.8. The molecule has 1 aromatic carbocycles. The first-order chi connectivity index (χ1) is 10.0. The van der Waals surface area contributed by atoms with Crippen molar-refractivity contribution in [3.63, 3.8) is 0 Å². The second kappa shape index (κ2) is 6.17. The zero-order valence-electron chi connectivity index (χ0n) is 11.7. The second-order valence-electron chi connectivity index (χ2n) is 4.67. The maximum absolute atomic E-state index is 10.9. The van der Waals surface area contributed by atoms with Gasteiger partial charge in [-0.15, -0.1) is 0 Å². The summed E-state index contributed by atoms with van der Waals surface area (Å²) in [5, 5.41) is 8.95. The van der Waals surface area contributed by atoms with Gasteiger partial charge in [0.1, 0.15) is 5.75 Å². The van der Waals surface area contributed by atoms with Crippen LogP contribution in [0.3, 0.4) is 0 Å². The smallest absolute Gasteiger partial charge is 0.310 e. The number of carbonyl (C=O) groups is 2. The summed E-state index contributed by atoms with van der Waals surface area (Å²) in [7, 11) is 0. The molecule has 5 heteroatoms. The number of pyridine rings is 1. The van der Waals surface area contributed by atoms with Gasteiger partial charge in [0.25, 0.3) is 0 Å². The van der Waals surface area contributed by atoms with Crippen LogP contribution in [0.4, 0.5) is 0 Å². The van der Waals surface area contributed by atoms with Crippen LogP contribution in [0, 0.1) is 6.92 Å². The maximum Gasteiger partial charge on any atom is 0.310 e. The third kappa shape index (κ3) is 3.45. The summed E-state index contributed by atoms with van der Waals surface area (Å²) in [5.74, 6) is -0.490. The van der Waals surface area contributed by atoms with E-state index in [1.807, 2.05) is 0 Å². The lowest BCUT2D eigenvalue weighted by Gasteiger charge is -2.09. The average molecular weight is 285 g/mol. The van der Waals surface area contributed by atoms with Gasteiger partial charge in [-0.05, 0) is 37.6 Å². The highest BCUT2D eigenvalue weighted by Gasteiger charge is 2.13. The number of carboxylic acids is 1. The molecule has 0 bridgehead atoms. The van der Waals surface area contributed by atoms with Crippen molar-refractivity contribution in [1.82, 2.24) is 4.98 Å². The molecule has 108 valence electrons. The highest BCUT2D eigenvalue weighted by molar-refractivity contribution is 5.76. The molecule has 2 rings (SSSR count). The van der Waals surface area contributed by atoms with Crippen molar-refractivity contribution in [1.29, 1.82) is 0 Å². The minimum atomic E-state index is -0.870. The maximum atomic E-state index is 10.9. The molecule has 1 N–H and O–H groups in total.